The Morgan fingerprint density at radius 1 is 0.688 bits per heavy atom. The van der Waals surface area contributed by atoms with E-state index in [2.05, 4.69) is 44.7 Å². The van der Waals surface area contributed by atoms with Crippen LogP contribution in [0.3, 0.4) is 0 Å². The summed E-state index contributed by atoms with van der Waals surface area (Å²) in [6.07, 6.45) is 0. The Morgan fingerprint density at radius 3 is 1.50 bits per heavy atom. The van der Waals surface area contributed by atoms with Gasteiger partial charge in [-0.2, -0.15) is 0 Å². The molecule has 0 unspecified atom stereocenters. The third-order valence-electron chi connectivity index (χ3n) is 3.18. The van der Waals surface area contributed by atoms with E-state index in [1.807, 2.05) is 14.1 Å². The van der Waals surface area contributed by atoms with Gasteiger partial charge in [-0.15, -0.1) is 0 Å². The summed E-state index contributed by atoms with van der Waals surface area (Å²) in [5, 5.41) is 0. The molecule has 0 bridgehead atoms. The van der Waals surface area contributed by atoms with Crippen LogP contribution >= 0.6 is 0 Å². The van der Waals surface area contributed by atoms with Crippen LogP contribution in [-0.2, 0) is 0 Å². The summed E-state index contributed by atoms with van der Waals surface area (Å²) in [6, 6.07) is 0. The van der Waals surface area contributed by atoms with E-state index < -0.39 is 0 Å². The van der Waals surface area contributed by atoms with E-state index in [1.54, 1.807) is 0 Å². The summed E-state index contributed by atoms with van der Waals surface area (Å²) in [4.78, 5) is 4.24. The maximum absolute atomic E-state index is 6.19. The molecular formula is C13H23N3. The smallest absolute Gasteiger partial charge is 0.0648 e. The van der Waals surface area contributed by atoms with Crippen molar-refractivity contribution in [3.63, 3.8) is 0 Å². The Hall–Kier alpha value is -1.38. The summed E-state index contributed by atoms with van der Waals surface area (Å²) in [5.41, 5.74) is 13.2. The summed E-state index contributed by atoms with van der Waals surface area (Å²) < 4.78 is 0. The van der Waals surface area contributed by atoms with E-state index in [0.717, 1.165) is 11.4 Å². The Balaban J connectivity index is 3.66. The van der Waals surface area contributed by atoms with Crippen molar-refractivity contribution in [2.45, 2.75) is 20.8 Å². The molecule has 0 aromatic heterocycles. The van der Waals surface area contributed by atoms with Crippen LogP contribution in [-0.4, -0.2) is 28.2 Å². The van der Waals surface area contributed by atoms with Crippen molar-refractivity contribution in [2.24, 2.45) is 0 Å². The van der Waals surface area contributed by atoms with Crippen LogP contribution in [0.25, 0.3) is 0 Å². The van der Waals surface area contributed by atoms with Crippen LogP contribution < -0.4 is 15.5 Å². The highest BCUT2D eigenvalue weighted by Gasteiger charge is 2.17. The average Bonchev–Trinajstić information content (AvgIpc) is 2.13. The van der Waals surface area contributed by atoms with E-state index in [4.69, 9.17) is 5.73 Å². The lowest BCUT2D eigenvalue weighted by atomic mass is 9.98. The third-order valence-corrected chi connectivity index (χ3v) is 3.18. The number of nitrogens with zero attached hydrogens (tertiary/aromatic N) is 2. The van der Waals surface area contributed by atoms with E-state index in [9.17, 15) is 0 Å². The van der Waals surface area contributed by atoms with Gasteiger partial charge < -0.3 is 15.5 Å². The topological polar surface area (TPSA) is 32.5 Å². The molecule has 0 atom stereocenters. The lowest BCUT2D eigenvalue weighted by Crippen LogP contribution is -2.19. The first-order valence-electron chi connectivity index (χ1n) is 5.52. The fraction of sp³-hybridized carbons (Fsp3) is 0.538. The number of benzene rings is 1. The zero-order chi connectivity index (χ0) is 12.6. The normalized spacial score (nSPS) is 10.4. The molecule has 0 aliphatic carbocycles. The molecule has 0 fully saturated rings. The van der Waals surface area contributed by atoms with Gasteiger partial charge in [0.25, 0.3) is 0 Å². The van der Waals surface area contributed by atoms with Crippen LogP contribution in [0.1, 0.15) is 16.7 Å². The van der Waals surface area contributed by atoms with Gasteiger partial charge >= 0.3 is 0 Å². The Morgan fingerprint density at radius 2 is 1.12 bits per heavy atom. The predicted molar refractivity (Wildman–Crippen MR) is 73.7 cm³/mol. The van der Waals surface area contributed by atoms with Crippen molar-refractivity contribution in [2.75, 3.05) is 43.7 Å². The van der Waals surface area contributed by atoms with Gasteiger partial charge in [0.1, 0.15) is 0 Å². The van der Waals surface area contributed by atoms with Crippen LogP contribution in [0.4, 0.5) is 17.1 Å². The van der Waals surface area contributed by atoms with Gasteiger partial charge in [-0.1, -0.05) is 0 Å². The molecule has 0 heterocycles. The van der Waals surface area contributed by atoms with Crippen molar-refractivity contribution in [1.29, 1.82) is 0 Å². The second kappa shape index (κ2) is 4.24. The van der Waals surface area contributed by atoms with Gasteiger partial charge in [0, 0.05) is 33.9 Å². The number of nitrogen functional groups attached to an aromatic ring is 1. The lowest BCUT2D eigenvalue weighted by molar-refractivity contribution is 1.06. The molecule has 0 amide bonds. The van der Waals surface area contributed by atoms with Crippen molar-refractivity contribution < 1.29 is 0 Å². The maximum Gasteiger partial charge on any atom is 0.0648 e. The van der Waals surface area contributed by atoms with Crippen molar-refractivity contribution in [3.05, 3.63) is 16.7 Å². The second-order valence-electron chi connectivity index (χ2n) is 4.77. The maximum atomic E-state index is 6.19. The molecule has 0 saturated carbocycles. The van der Waals surface area contributed by atoms with Gasteiger partial charge in [0.15, 0.2) is 0 Å². The van der Waals surface area contributed by atoms with Crippen LogP contribution in [0.2, 0.25) is 0 Å². The summed E-state index contributed by atoms with van der Waals surface area (Å²) in [5.74, 6) is 0. The Labute approximate surface area is 98.8 Å². The summed E-state index contributed by atoms with van der Waals surface area (Å²) >= 11 is 0. The molecule has 16 heavy (non-hydrogen) atoms. The van der Waals surface area contributed by atoms with E-state index in [-0.39, 0.29) is 0 Å². The standard InChI is InChI=1S/C13H23N3/c1-8-9(2)12(15(4)5)10(3)13(11(8)14)16(6)7/h14H2,1-7H3. The van der Waals surface area contributed by atoms with Crippen molar-refractivity contribution in [3.8, 4) is 0 Å². The van der Waals surface area contributed by atoms with E-state index in [0.29, 0.717) is 0 Å². The molecule has 0 aliphatic rings. The molecule has 1 aromatic carbocycles. The number of hydrogen-bond donors (Lipinski definition) is 1. The average molecular weight is 221 g/mol. The lowest BCUT2D eigenvalue weighted by Gasteiger charge is -2.27. The second-order valence-corrected chi connectivity index (χ2v) is 4.77. The predicted octanol–water partition coefficient (Wildman–Crippen LogP) is 2.33. The Kier molecular flexibility index (Phi) is 3.36. The molecule has 0 aliphatic heterocycles. The SMILES string of the molecule is Cc1c(C)c(N(C)C)c(C)c(N(C)C)c1N. The molecule has 2 N–H and O–H groups in total. The number of anilines is 3. The minimum Gasteiger partial charge on any atom is -0.397 e. The fourth-order valence-corrected chi connectivity index (χ4v) is 2.40. The Bertz CT molecular complexity index is 371. The number of hydrogen-bond acceptors (Lipinski definition) is 3. The van der Waals surface area contributed by atoms with Crippen LogP contribution in [0.15, 0.2) is 0 Å². The van der Waals surface area contributed by atoms with Crippen molar-refractivity contribution in [1.82, 2.24) is 0 Å². The van der Waals surface area contributed by atoms with Gasteiger partial charge in [0.05, 0.1) is 11.4 Å². The first-order chi connectivity index (χ1) is 7.29. The minimum atomic E-state index is 0.894. The summed E-state index contributed by atoms with van der Waals surface area (Å²) in [7, 11) is 8.22. The molecule has 1 aromatic rings. The van der Waals surface area contributed by atoms with Crippen LogP contribution in [0, 0.1) is 20.8 Å². The monoisotopic (exact) mass is 221 g/mol. The van der Waals surface area contributed by atoms with Gasteiger partial charge in [-0.05, 0) is 37.5 Å². The highest BCUT2D eigenvalue weighted by molar-refractivity contribution is 5.83. The minimum absolute atomic E-state index is 0.894. The molecule has 3 nitrogen and oxygen atoms in total. The molecule has 0 saturated heterocycles. The first-order valence-corrected chi connectivity index (χ1v) is 5.52. The quantitative estimate of drug-likeness (QED) is 0.778. The highest BCUT2D eigenvalue weighted by atomic mass is 15.1. The molecule has 0 spiro atoms. The molecule has 90 valence electrons. The molecule has 3 heteroatoms. The van der Waals surface area contributed by atoms with Crippen molar-refractivity contribution >= 4 is 17.1 Å². The molecule has 1 rings (SSSR count). The van der Waals surface area contributed by atoms with Gasteiger partial charge in [-0.25, -0.2) is 0 Å². The molecular weight excluding hydrogens is 198 g/mol. The number of nitrogens with two attached hydrogens (primary N) is 1. The van der Waals surface area contributed by atoms with E-state index >= 15 is 0 Å². The fourth-order valence-electron chi connectivity index (χ4n) is 2.40. The third kappa shape index (κ3) is 1.82. The summed E-state index contributed by atoms with van der Waals surface area (Å²) in [6.45, 7) is 6.35. The van der Waals surface area contributed by atoms with Gasteiger partial charge in [-0.3, -0.25) is 0 Å². The molecule has 0 radical (unpaired) electrons. The van der Waals surface area contributed by atoms with E-state index in [1.165, 1.54) is 22.4 Å². The zero-order valence-corrected chi connectivity index (χ0v) is 11.5. The largest absolute Gasteiger partial charge is 0.397 e. The first kappa shape index (κ1) is 12.7. The number of rotatable bonds is 2. The van der Waals surface area contributed by atoms with Gasteiger partial charge in [0.2, 0.25) is 0 Å². The highest BCUT2D eigenvalue weighted by Crippen LogP contribution is 2.39. The zero-order valence-electron chi connectivity index (χ0n) is 11.5. The van der Waals surface area contributed by atoms with Crippen LogP contribution in [0.5, 0.6) is 0 Å².